The van der Waals surface area contributed by atoms with Gasteiger partial charge in [-0.3, -0.25) is 24.6 Å². The lowest BCUT2D eigenvalue weighted by molar-refractivity contribution is -0.120. The number of nitrogens with one attached hydrogen (secondary N) is 5. The molecule has 2 aliphatic carbocycles. The SMILES string of the molecule is CNCCNC(C)(C)C#Cc1ccc(-c2ccc(Cl)c3c(NS(C)(=O)=O)nn(C)c23)c(C(Cc2cc(F)cc(F)c2)NC(=O)CN=C2C(C(=N)C(F)(F)F)C3CCC3C2(F)F)n1. The number of hydrogen-bond acceptors (Lipinski definition) is 9. The molecule has 4 unspecified atom stereocenters. The summed E-state index contributed by atoms with van der Waals surface area (Å²) in [5.74, 6) is -5.44. The first-order valence-electron chi connectivity index (χ1n) is 19.3. The Morgan fingerprint density at radius 3 is 2.37 bits per heavy atom. The van der Waals surface area contributed by atoms with E-state index in [2.05, 4.69) is 42.6 Å². The number of pyridine rings is 1. The van der Waals surface area contributed by atoms with Crippen LogP contribution >= 0.6 is 11.6 Å². The van der Waals surface area contributed by atoms with Gasteiger partial charge in [0.25, 0.3) is 5.92 Å². The molecule has 21 heteroatoms. The Morgan fingerprint density at radius 2 is 1.76 bits per heavy atom. The first-order valence-corrected chi connectivity index (χ1v) is 21.6. The Kier molecular flexibility index (Phi) is 13.2. The lowest BCUT2D eigenvalue weighted by Gasteiger charge is -2.34. The van der Waals surface area contributed by atoms with Crippen LogP contribution in [0, 0.1) is 46.6 Å². The van der Waals surface area contributed by atoms with Gasteiger partial charge in [-0.1, -0.05) is 23.6 Å². The summed E-state index contributed by atoms with van der Waals surface area (Å²) in [6.45, 7) is 3.79. The molecule has 2 heterocycles. The molecule has 2 fully saturated rings. The number of aryl methyl sites for hydroxylation is 1. The quantitative estimate of drug-likeness (QED) is 0.0412. The number of benzene rings is 2. The van der Waals surface area contributed by atoms with Crippen molar-refractivity contribution in [3.05, 3.63) is 76.1 Å². The van der Waals surface area contributed by atoms with E-state index in [1.54, 1.807) is 25.2 Å². The van der Waals surface area contributed by atoms with E-state index in [1.807, 2.05) is 13.8 Å². The second kappa shape index (κ2) is 17.6. The standard InChI is InChI=1S/C41H43ClF7N9O3S/c1-39(2,53-15-14-51-3)13-12-24-6-7-25(26-9-11-29(42)33-35(26)58(4)56-38(33)57-62(5,60)61)34(54-24)30(18-21-16-22(43)19-23(44)17-21)55-31(59)20-52-37-32(36(50)41(47,48)49)27-8-10-28(27)40(37,45)46/h6-7,9,11,16-17,19,27-28,30,32,50-51,53H,8,10,14-15,18,20H2,1-5H3,(H,55,59)(H,56,57). The summed E-state index contributed by atoms with van der Waals surface area (Å²) in [6, 6.07) is 7.53. The molecule has 62 heavy (non-hydrogen) atoms. The molecule has 0 spiro atoms. The molecule has 2 aromatic heterocycles. The van der Waals surface area contributed by atoms with E-state index in [-0.39, 0.29) is 58.0 Å². The number of anilines is 1. The molecular weight excluding hydrogens is 867 g/mol. The van der Waals surface area contributed by atoms with Gasteiger partial charge in [0.2, 0.25) is 15.9 Å². The number of likely N-dealkylation sites (N-methyl/N-ethyl adjacent to an activating group) is 1. The summed E-state index contributed by atoms with van der Waals surface area (Å²) in [4.78, 5) is 22.5. The van der Waals surface area contributed by atoms with Crippen LogP contribution in [0.15, 0.2) is 47.5 Å². The Labute approximate surface area is 358 Å². The number of aromatic nitrogens is 3. The first-order chi connectivity index (χ1) is 28.9. The maximum Gasteiger partial charge on any atom is 0.429 e. The fraction of sp³-hybridized carbons (Fsp3) is 0.439. The Bertz CT molecular complexity index is 2600. The average molecular weight is 910 g/mol. The van der Waals surface area contributed by atoms with E-state index in [4.69, 9.17) is 22.0 Å². The van der Waals surface area contributed by atoms with Crippen LogP contribution in [0.4, 0.5) is 36.6 Å². The molecule has 0 saturated heterocycles. The minimum atomic E-state index is -5.21. The number of sulfonamides is 1. The van der Waals surface area contributed by atoms with Gasteiger partial charge < -0.3 is 16.0 Å². The molecule has 1 amide bonds. The maximum absolute atomic E-state index is 15.6. The maximum atomic E-state index is 15.6. The number of amides is 1. The number of aliphatic imine (C=N–C) groups is 1. The highest BCUT2D eigenvalue weighted by Crippen LogP contribution is 2.58. The number of hydrogen-bond donors (Lipinski definition) is 5. The topological polar surface area (TPSA) is 166 Å². The van der Waals surface area contributed by atoms with E-state index in [1.165, 1.54) is 17.8 Å². The van der Waals surface area contributed by atoms with Crippen molar-refractivity contribution >= 4 is 55.7 Å². The number of rotatable bonds is 14. The van der Waals surface area contributed by atoms with Crippen molar-refractivity contribution in [3.63, 3.8) is 0 Å². The van der Waals surface area contributed by atoms with Gasteiger partial charge in [-0.15, -0.1) is 0 Å². The molecule has 2 aromatic carbocycles. The zero-order chi connectivity index (χ0) is 45.5. The van der Waals surface area contributed by atoms with Crippen molar-refractivity contribution < 1.29 is 43.9 Å². The number of halogens is 8. The zero-order valence-corrected chi connectivity index (χ0v) is 35.6. The normalized spacial score (nSPS) is 19.7. The van der Waals surface area contributed by atoms with Crippen LogP contribution in [0.1, 0.15) is 49.7 Å². The monoisotopic (exact) mass is 909 g/mol. The summed E-state index contributed by atoms with van der Waals surface area (Å²) in [5.41, 5.74) is -2.67. The van der Waals surface area contributed by atoms with E-state index in [0.29, 0.717) is 30.2 Å². The highest BCUT2D eigenvalue weighted by molar-refractivity contribution is 7.92. The van der Waals surface area contributed by atoms with Crippen LogP contribution in [0.5, 0.6) is 0 Å². The third-order valence-corrected chi connectivity index (χ3v) is 11.7. The van der Waals surface area contributed by atoms with E-state index >= 15 is 8.78 Å². The molecule has 0 bridgehead atoms. The second-order valence-corrected chi connectivity index (χ2v) is 18.0. The van der Waals surface area contributed by atoms with Gasteiger partial charge in [-0.25, -0.2) is 22.2 Å². The Hall–Kier alpha value is -5.10. The summed E-state index contributed by atoms with van der Waals surface area (Å²) < 4.78 is 130. The van der Waals surface area contributed by atoms with Crippen molar-refractivity contribution in [2.24, 2.45) is 29.8 Å². The summed E-state index contributed by atoms with van der Waals surface area (Å²) >= 11 is 6.61. The Morgan fingerprint density at radius 1 is 1.08 bits per heavy atom. The number of nitrogens with zero attached hydrogens (tertiary/aromatic N) is 4. The van der Waals surface area contributed by atoms with Crippen molar-refractivity contribution in [1.29, 1.82) is 5.41 Å². The average Bonchev–Trinajstić information content (AvgIpc) is 3.53. The Balaban J connectivity index is 1.50. The van der Waals surface area contributed by atoms with Crippen LogP contribution in [-0.4, -0.2) is 91.1 Å². The largest absolute Gasteiger partial charge is 0.429 e. The third kappa shape index (κ3) is 10.1. The highest BCUT2D eigenvalue weighted by Gasteiger charge is 2.67. The van der Waals surface area contributed by atoms with E-state index < -0.39 is 87.0 Å². The molecule has 2 saturated carbocycles. The predicted molar refractivity (Wildman–Crippen MR) is 222 cm³/mol. The molecule has 4 aromatic rings. The fourth-order valence-electron chi connectivity index (χ4n) is 7.93. The molecule has 2 aliphatic rings. The third-order valence-electron chi connectivity index (χ3n) is 10.8. The first kappa shape index (κ1) is 46.4. The van der Waals surface area contributed by atoms with Gasteiger partial charge in [0.15, 0.2) is 5.82 Å². The van der Waals surface area contributed by atoms with Crippen LogP contribution in [-0.2, 0) is 28.3 Å². The molecule has 0 aliphatic heterocycles. The molecular formula is C41H43ClF7N9O3S. The van der Waals surface area contributed by atoms with Gasteiger partial charge in [-0.2, -0.15) is 27.1 Å². The molecule has 12 nitrogen and oxygen atoms in total. The molecule has 6 rings (SSSR count). The van der Waals surface area contributed by atoms with Gasteiger partial charge in [-0.05, 0) is 87.9 Å². The summed E-state index contributed by atoms with van der Waals surface area (Å²) in [6.07, 6.45) is -4.70. The highest BCUT2D eigenvalue weighted by atomic mass is 35.5. The lowest BCUT2D eigenvalue weighted by atomic mass is 9.71. The number of alkyl halides is 5. The smallest absolute Gasteiger partial charge is 0.346 e. The van der Waals surface area contributed by atoms with E-state index in [0.717, 1.165) is 18.4 Å². The van der Waals surface area contributed by atoms with Gasteiger partial charge in [0, 0.05) is 43.2 Å². The lowest BCUT2D eigenvalue weighted by Crippen LogP contribution is -2.41. The van der Waals surface area contributed by atoms with Gasteiger partial charge in [0.1, 0.15) is 29.6 Å². The minimum Gasteiger partial charge on any atom is -0.346 e. The van der Waals surface area contributed by atoms with Crippen molar-refractivity contribution in [2.75, 3.05) is 37.7 Å². The minimum absolute atomic E-state index is 0.0252. The molecule has 0 radical (unpaired) electrons. The summed E-state index contributed by atoms with van der Waals surface area (Å²) in [7, 11) is -0.533. The van der Waals surface area contributed by atoms with Crippen LogP contribution in [0.3, 0.4) is 0 Å². The molecule has 5 N–H and O–H groups in total. The number of carbonyl (C=O) groups excluding carboxylic acids is 1. The fourth-order valence-corrected chi connectivity index (χ4v) is 8.66. The van der Waals surface area contributed by atoms with Crippen LogP contribution < -0.4 is 20.7 Å². The number of fused-ring (bicyclic) bond motifs is 2. The second-order valence-electron chi connectivity index (χ2n) is 15.9. The van der Waals surface area contributed by atoms with Crippen LogP contribution in [0.25, 0.3) is 22.0 Å². The van der Waals surface area contributed by atoms with Gasteiger partial charge >= 0.3 is 6.18 Å². The molecule has 4 atom stereocenters. The van der Waals surface area contributed by atoms with Crippen LogP contribution in [0.2, 0.25) is 5.02 Å². The van der Waals surface area contributed by atoms with Crippen molar-refractivity contribution in [2.45, 2.75) is 56.8 Å². The van der Waals surface area contributed by atoms with Crippen molar-refractivity contribution in [3.8, 4) is 23.0 Å². The summed E-state index contributed by atoms with van der Waals surface area (Å²) in [5, 5.41) is 21.4. The molecule has 332 valence electrons. The number of carbonyl (C=O) groups is 1. The zero-order valence-electron chi connectivity index (χ0n) is 34.0. The van der Waals surface area contributed by atoms with E-state index in [9.17, 15) is 35.2 Å². The van der Waals surface area contributed by atoms with Gasteiger partial charge in [0.05, 0.1) is 51.1 Å². The predicted octanol–water partition coefficient (Wildman–Crippen LogP) is 6.59. The van der Waals surface area contributed by atoms with Crippen molar-refractivity contribution in [1.82, 2.24) is 30.7 Å².